The second-order valence-electron chi connectivity index (χ2n) is 8.69. The van der Waals surface area contributed by atoms with Crippen LogP contribution in [0.15, 0.2) is 0 Å². The van der Waals surface area contributed by atoms with Crippen molar-refractivity contribution in [2.75, 3.05) is 103 Å². The number of aliphatic hydroxyl groups excluding tert-OH is 2. The molecule has 0 amide bonds. The SMILES string of the molecule is OC(CCl)CN1CC[N+]2(CC1)CC[N+]1(CCN(CC(O)CCl)CC1)CC2. The Morgan fingerprint density at radius 1 is 0.615 bits per heavy atom. The normalized spacial score (nSPS) is 29.1. The van der Waals surface area contributed by atoms with Crippen LogP contribution < -0.4 is 0 Å². The average Bonchev–Trinajstić information content (AvgIpc) is 2.68. The van der Waals surface area contributed by atoms with Crippen molar-refractivity contribution in [3.63, 3.8) is 0 Å². The van der Waals surface area contributed by atoms with Crippen LogP contribution >= 0.6 is 23.2 Å². The number of nitrogens with zero attached hydrogens (tertiary/aromatic N) is 4. The van der Waals surface area contributed by atoms with E-state index in [1.54, 1.807) is 0 Å². The third-order valence-electron chi connectivity index (χ3n) is 6.95. The highest BCUT2D eigenvalue weighted by atomic mass is 35.5. The maximum absolute atomic E-state index is 9.76. The van der Waals surface area contributed by atoms with Crippen molar-refractivity contribution in [1.82, 2.24) is 9.80 Å². The predicted octanol–water partition coefficient (Wildman–Crippen LogP) is -0.536. The lowest BCUT2D eigenvalue weighted by atomic mass is 10.1. The van der Waals surface area contributed by atoms with E-state index in [9.17, 15) is 10.2 Å². The number of quaternary nitrogens is 2. The molecule has 3 rings (SSSR count). The molecule has 152 valence electrons. The number of hydrogen-bond donors (Lipinski definition) is 2. The Hall–Kier alpha value is 0.340. The Bertz CT molecular complexity index is 389. The first-order valence-corrected chi connectivity index (χ1v) is 11.2. The predicted molar refractivity (Wildman–Crippen MR) is 106 cm³/mol. The van der Waals surface area contributed by atoms with Crippen LogP contribution in [0.4, 0.5) is 0 Å². The summed E-state index contributed by atoms with van der Waals surface area (Å²) in [6.45, 7) is 15.8. The van der Waals surface area contributed by atoms with E-state index in [1.165, 1.54) is 61.3 Å². The van der Waals surface area contributed by atoms with Gasteiger partial charge < -0.3 is 19.2 Å². The lowest BCUT2D eigenvalue weighted by Crippen LogP contribution is -2.73. The van der Waals surface area contributed by atoms with Gasteiger partial charge >= 0.3 is 0 Å². The van der Waals surface area contributed by atoms with Crippen molar-refractivity contribution in [1.29, 1.82) is 0 Å². The molecule has 2 N–H and O–H groups in total. The average molecular weight is 411 g/mol. The van der Waals surface area contributed by atoms with E-state index in [0.29, 0.717) is 24.8 Å². The van der Waals surface area contributed by atoms with Crippen molar-refractivity contribution in [2.45, 2.75) is 12.2 Å². The van der Waals surface area contributed by atoms with E-state index in [4.69, 9.17) is 23.2 Å². The molecule has 8 heteroatoms. The van der Waals surface area contributed by atoms with Gasteiger partial charge in [0, 0.05) is 51.0 Å². The molecule has 0 radical (unpaired) electrons. The molecule has 3 fully saturated rings. The summed E-state index contributed by atoms with van der Waals surface area (Å²) in [4.78, 5) is 4.74. The molecule has 3 aliphatic heterocycles. The van der Waals surface area contributed by atoms with Crippen LogP contribution in [0.25, 0.3) is 0 Å². The number of β-amino-alcohol motifs (C(OH)–C–C–N with tert-alkyl or cyclic N) is 2. The van der Waals surface area contributed by atoms with Crippen LogP contribution in [0.1, 0.15) is 0 Å². The minimum Gasteiger partial charge on any atom is -0.391 e. The van der Waals surface area contributed by atoms with Crippen molar-refractivity contribution >= 4 is 23.2 Å². The van der Waals surface area contributed by atoms with Crippen molar-refractivity contribution in [2.24, 2.45) is 0 Å². The number of aliphatic hydroxyl groups is 2. The van der Waals surface area contributed by atoms with E-state index >= 15 is 0 Å². The number of rotatable bonds is 6. The second kappa shape index (κ2) is 9.23. The highest BCUT2D eigenvalue weighted by molar-refractivity contribution is 6.18. The maximum atomic E-state index is 9.76. The van der Waals surface area contributed by atoms with E-state index in [1.807, 2.05) is 0 Å². The first kappa shape index (κ1) is 21.1. The molecule has 0 saturated carbocycles. The molecule has 2 spiro atoms. The molecule has 0 bridgehead atoms. The quantitative estimate of drug-likeness (QED) is 0.456. The highest BCUT2D eigenvalue weighted by Gasteiger charge is 2.45. The monoisotopic (exact) mass is 410 g/mol. The van der Waals surface area contributed by atoms with Crippen LogP contribution in [0.2, 0.25) is 0 Å². The van der Waals surface area contributed by atoms with Gasteiger partial charge in [0.25, 0.3) is 0 Å². The minimum atomic E-state index is -0.396. The van der Waals surface area contributed by atoms with Crippen molar-refractivity contribution in [3.8, 4) is 0 Å². The topological polar surface area (TPSA) is 46.9 Å². The minimum absolute atomic E-state index is 0.329. The lowest BCUT2D eigenvalue weighted by Gasteiger charge is -2.54. The Labute approximate surface area is 168 Å². The van der Waals surface area contributed by atoms with Crippen LogP contribution in [-0.4, -0.2) is 145 Å². The van der Waals surface area contributed by atoms with E-state index < -0.39 is 12.2 Å². The smallest absolute Gasteiger partial charge is 0.129 e. The Morgan fingerprint density at radius 3 is 1.19 bits per heavy atom. The molecule has 6 nitrogen and oxygen atoms in total. The van der Waals surface area contributed by atoms with Crippen LogP contribution in [0.3, 0.4) is 0 Å². The van der Waals surface area contributed by atoms with Gasteiger partial charge in [-0.2, -0.15) is 0 Å². The zero-order valence-corrected chi connectivity index (χ0v) is 17.4. The van der Waals surface area contributed by atoms with Crippen molar-refractivity contribution < 1.29 is 19.2 Å². The molecular weight excluding hydrogens is 375 g/mol. The van der Waals surface area contributed by atoms with Gasteiger partial charge in [0.1, 0.15) is 26.2 Å². The fourth-order valence-corrected chi connectivity index (χ4v) is 5.08. The molecule has 2 atom stereocenters. The Morgan fingerprint density at radius 2 is 0.923 bits per heavy atom. The van der Waals surface area contributed by atoms with Crippen LogP contribution in [-0.2, 0) is 0 Å². The van der Waals surface area contributed by atoms with E-state index in [2.05, 4.69) is 9.80 Å². The van der Waals surface area contributed by atoms with Gasteiger partial charge in [-0.15, -0.1) is 23.2 Å². The molecule has 3 heterocycles. The number of alkyl halides is 2. The fourth-order valence-electron chi connectivity index (χ4n) is 4.89. The zero-order chi connectivity index (χ0) is 18.6. The first-order valence-electron chi connectivity index (χ1n) is 10.1. The summed E-state index contributed by atoms with van der Waals surface area (Å²) < 4.78 is 2.53. The third kappa shape index (κ3) is 5.23. The molecular formula is C18H36Cl2N4O2+2. The molecule has 3 saturated heterocycles. The lowest BCUT2D eigenvalue weighted by molar-refractivity contribution is -1.03. The summed E-state index contributed by atoms with van der Waals surface area (Å²) in [6.07, 6.45) is -0.793. The Kier molecular flexibility index (Phi) is 7.47. The maximum Gasteiger partial charge on any atom is 0.129 e. The van der Waals surface area contributed by atoms with Gasteiger partial charge in [0.2, 0.25) is 0 Å². The van der Waals surface area contributed by atoms with Gasteiger partial charge in [0.15, 0.2) is 0 Å². The molecule has 0 aromatic heterocycles. The number of halogens is 2. The summed E-state index contributed by atoms with van der Waals surface area (Å²) in [5.41, 5.74) is 0. The largest absolute Gasteiger partial charge is 0.391 e. The molecule has 0 aliphatic carbocycles. The summed E-state index contributed by atoms with van der Waals surface area (Å²) in [6, 6.07) is 0. The van der Waals surface area contributed by atoms with Crippen LogP contribution in [0, 0.1) is 0 Å². The van der Waals surface area contributed by atoms with Gasteiger partial charge in [-0.3, -0.25) is 9.80 Å². The number of hydrogen-bond acceptors (Lipinski definition) is 4. The molecule has 26 heavy (non-hydrogen) atoms. The van der Waals surface area contributed by atoms with Gasteiger partial charge in [-0.1, -0.05) is 0 Å². The Balaban J connectivity index is 1.42. The van der Waals surface area contributed by atoms with Crippen molar-refractivity contribution in [3.05, 3.63) is 0 Å². The second-order valence-corrected chi connectivity index (χ2v) is 9.31. The summed E-state index contributed by atoms with van der Waals surface area (Å²) in [7, 11) is 0. The van der Waals surface area contributed by atoms with E-state index in [-0.39, 0.29) is 0 Å². The summed E-state index contributed by atoms with van der Waals surface area (Å²) >= 11 is 11.5. The standard InChI is InChI=1S/C18H36Cl2N4O2/c19-13-17(25)15-21-1-5-23(6-2-21)9-11-24(12-10-23)7-3-22(4-8-24)16-18(26)14-20/h17-18,25-26H,1-16H2/q+2. The first-order chi connectivity index (χ1) is 12.5. The molecule has 2 unspecified atom stereocenters. The fraction of sp³-hybridized carbons (Fsp3) is 1.00. The van der Waals surface area contributed by atoms with Crippen LogP contribution in [0.5, 0.6) is 0 Å². The molecule has 0 aromatic rings. The summed E-state index contributed by atoms with van der Waals surface area (Å²) in [5.74, 6) is 0.658. The molecule has 3 aliphatic rings. The number of piperazine rings is 3. The highest BCUT2D eigenvalue weighted by Crippen LogP contribution is 2.24. The van der Waals surface area contributed by atoms with Gasteiger partial charge in [-0.05, 0) is 0 Å². The van der Waals surface area contributed by atoms with Gasteiger partial charge in [-0.25, -0.2) is 0 Å². The molecule has 0 aromatic carbocycles. The summed E-state index contributed by atoms with van der Waals surface area (Å²) in [5, 5.41) is 19.5. The zero-order valence-electron chi connectivity index (χ0n) is 15.9. The van der Waals surface area contributed by atoms with E-state index in [0.717, 1.165) is 26.2 Å². The third-order valence-corrected chi connectivity index (χ3v) is 7.67. The van der Waals surface area contributed by atoms with Gasteiger partial charge in [0.05, 0.1) is 38.4 Å².